The molecular weight excluding hydrogens is 491 g/mol. The minimum atomic E-state index is 0. The van der Waals surface area contributed by atoms with E-state index in [1.54, 1.807) is 0 Å². The molecule has 2 aromatic carbocycles. The number of para-hydroxylation sites is 1. The highest BCUT2D eigenvalue weighted by Gasteiger charge is 2.27. The summed E-state index contributed by atoms with van der Waals surface area (Å²) in [5, 5.41) is 2.26. The van der Waals surface area contributed by atoms with Crippen LogP contribution in [0.3, 0.4) is 0 Å². The number of aryl methyl sites for hydroxylation is 2. The summed E-state index contributed by atoms with van der Waals surface area (Å²) in [5.74, 6) is 0.0153. The fraction of sp³-hybridized carbons (Fsp3) is 0.100. The minimum Gasteiger partial charge on any atom is -1.00 e. The number of halogens is 2. The first-order valence-corrected chi connectivity index (χ1v) is 8.54. The number of fused-ring (bicyclic) bond motifs is 3. The zero-order chi connectivity index (χ0) is 16.8. The molecule has 0 saturated heterocycles. The summed E-state index contributed by atoms with van der Waals surface area (Å²) in [5.41, 5.74) is 3.45. The lowest BCUT2D eigenvalue weighted by atomic mass is 10.0. The lowest BCUT2D eigenvalue weighted by Crippen LogP contribution is -3.00. The molecule has 3 nitrogen and oxygen atoms in total. The predicted molar refractivity (Wildman–Crippen MR) is 99.2 cm³/mol. The number of pyridine rings is 1. The highest BCUT2D eigenvalue weighted by Crippen LogP contribution is 2.30. The van der Waals surface area contributed by atoms with Crippen molar-refractivity contribution >= 4 is 43.5 Å². The van der Waals surface area contributed by atoms with Gasteiger partial charge in [0.05, 0.1) is 0 Å². The number of hydrogen-bond acceptors (Lipinski definition) is 1. The second-order valence-corrected chi connectivity index (χ2v) is 6.78. The summed E-state index contributed by atoms with van der Waals surface area (Å²) < 4.78 is 4.82. The molecule has 0 aliphatic carbocycles. The molecular formula is C20H16BrIN2O. The van der Waals surface area contributed by atoms with Gasteiger partial charge in [-0.05, 0) is 18.2 Å². The maximum atomic E-state index is 13.3. The number of rotatable bonds is 2. The van der Waals surface area contributed by atoms with E-state index in [2.05, 4.69) is 38.7 Å². The Morgan fingerprint density at radius 3 is 2.44 bits per heavy atom. The van der Waals surface area contributed by atoms with Gasteiger partial charge in [-0.15, -0.1) is 0 Å². The van der Waals surface area contributed by atoms with E-state index in [1.165, 1.54) is 0 Å². The Morgan fingerprint density at radius 2 is 1.68 bits per heavy atom. The summed E-state index contributed by atoms with van der Waals surface area (Å²) in [6.45, 7) is 0. The van der Waals surface area contributed by atoms with E-state index in [4.69, 9.17) is 0 Å². The number of aromatic nitrogens is 2. The van der Waals surface area contributed by atoms with E-state index in [0.29, 0.717) is 11.3 Å². The molecule has 0 spiro atoms. The van der Waals surface area contributed by atoms with Crippen molar-refractivity contribution in [3.8, 4) is 0 Å². The van der Waals surface area contributed by atoms with Crippen LogP contribution in [0.1, 0.15) is 16.1 Å². The zero-order valence-corrected chi connectivity index (χ0v) is 17.6. The number of ketones is 1. The monoisotopic (exact) mass is 506 g/mol. The van der Waals surface area contributed by atoms with E-state index in [0.717, 1.165) is 26.3 Å². The Labute approximate surface area is 171 Å². The van der Waals surface area contributed by atoms with Crippen molar-refractivity contribution in [3.63, 3.8) is 0 Å². The van der Waals surface area contributed by atoms with Crippen LogP contribution < -0.4 is 28.5 Å². The lowest BCUT2D eigenvalue weighted by Gasteiger charge is -2.05. The van der Waals surface area contributed by atoms with E-state index < -0.39 is 0 Å². The van der Waals surface area contributed by atoms with Crippen molar-refractivity contribution in [1.82, 2.24) is 4.57 Å². The van der Waals surface area contributed by atoms with Gasteiger partial charge >= 0.3 is 0 Å². The van der Waals surface area contributed by atoms with Crippen molar-refractivity contribution in [2.45, 2.75) is 0 Å². The van der Waals surface area contributed by atoms with Gasteiger partial charge < -0.3 is 28.5 Å². The molecule has 4 rings (SSSR count). The molecule has 0 aliphatic heterocycles. The highest BCUT2D eigenvalue weighted by atomic mass is 127. The third-order valence-corrected chi connectivity index (χ3v) is 5.21. The van der Waals surface area contributed by atoms with E-state index in [1.807, 2.05) is 61.3 Å². The van der Waals surface area contributed by atoms with Crippen LogP contribution >= 0.6 is 15.9 Å². The van der Waals surface area contributed by atoms with Gasteiger partial charge in [0, 0.05) is 39.4 Å². The summed E-state index contributed by atoms with van der Waals surface area (Å²) in [6.07, 6.45) is 1.96. The van der Waals surface area contributed by atoms with Crippen LogP contribution in [-0.2, 0) is 14.1 Å². The zero-order valence-electron chi connectivity index (χ0n) is 13.8. The summed E-state index contributed by atoms with van der Waals surface area (Å²) in [4.78, 5) is 13.3. The third-order valence-electron chi connectivity index (χ3n) is 4.52. The molecule has 0 atom stereocenters. The fourth-order valence-electron chi connectivity index (χ4n) is 3.35. The van der Waals surface area contributed by atoms with Crippen LogP contribution in [-0.4, -0.2) is 10.4 Å². The van der Waals surface area contributed by atoms with Gasteiger partial charge in [-0.1, -0.05) is 46.3 Å². The van der Waals surface area contributed by atoms with Gasteiger partial charge in [0.25, 0.3) is 11.5 Å². The second-order valence-electron chi connectivity index (χ2n) is 5.92. The first-order chi connectivity index (χ1) is 11.6. The van der Waals surface area contributed by atoms with Gasteiger partial charge in [0.2, 0.25) is 0 Å². The van der Waals surface area contributed by atoms with Crippen LogP contribution in [0.4, 0.5) is 0 Å². The number of nitrogens with zero attached hydrogens (tertiary/aromatic N) is 2. The van der Waals surface area contributed by atoms with E-state index >= 15 is 0 Å². The number of hydrogen-bond donors (Lipinski definition) is 0. The van der Waals surface area contributed by atoms with Crippen LogP contribution in [0, 0.1) is 0 Å². The van der Waals surface area contributed by atoms with Gasteiger partial charge in [-0.3, -0.25) is 4.79 Å². The van der Waals surface area contributed by atoms with Crippen molar-refractivity contribution in [2.75, 3.05) is 0 Å². The van der Waals surface area contributed by atoms with Gasteiger partial charge in [-0.25, -0.2) is 0 Å². The molecule has 4 aromatic rings. The van der Waals surface area contributed by atoms with Crippen molar-refractivity contribution in [1.29, 1.82) is 0 Å². The SMILES string of the molecule is Cn1c2ccccc2c2cc[n+](C)c(C(=O)c3ccccc3Br)c21.[I-]. The summed E-state index contributed by atoms with van der Waals surface area (Å²) in [7, 11) is 3.93. The highest BCUT2D eigenvalue weighted by molar-refractivity contribution is 9.10. The smallest absolute Gasteiger partial charge is 0.278 e. The van der Waals surface area contributed by atoms with E-state index in [-0.39, 0.29) is 29.8 Å². The van der Waals surface area contributed by atoms with Gasteiger partial charge in [0.1, 0.15) is 12.6 Å². The Bertz CT molecular complexity index is 1120. The Morgan fingerprint density at radius 1 is 1.00 bits per heavy atom. The molecule has 2 aromatic heterocycles. The Balaban J connectivity index is 0.00000182. The normalized spacial score (nSPS) is 10.8. The molecule has 0 saturated carbocycles. The second kappa shape index (κ2) is 6.88. The molecule has 126 valence electrons. The molecule has 0 unspecified atom stereocenters. The summed E-state index contributed by atoms with van der Waals surface area (Å²) >= 11 is 3.50. The number of carbonyl (C=O) groups excluding carboxylic acids is 1. The van der Waals surface area contributed by atoms with Crippen molar-refractivity contribution in [2.24, 2.45) is 14.1 Å². The largest absolute Gasteiger partial charge is 1.00 e. The summed E-state index contributed by atoms with van der Waals surface area (Å²) in [6, 6.07) is 17.9. The first-order valence-electron chi connectivity index (χ1n) is 7.74. The maximum absolute atomic E-state index is 13.3. The van der Waals surface area contributed by atoms with Gasteiger partial charge in [0.15, 0.2) is 6.20 Å². The van der Waals surface area contributed by atoms with Crippen molar-refractivity contribution < 1.29 is 33.3 Å². The van der Waals surface area contributed by atoms with Crippen LogP contribution in [0.5, 0.6) is 0 Å². The van der Waals surface area contributed by atoms with Crippen LogP contribution in [0.25, 0.3) is 21.8 Å². The quantitative estimate of drug-likeness (QED) is 0.227. The molecule has 2 heterocycles. The van der Waals surface area contributed by atoms with Gasteiger partial charge in [-0.2, -0.15) is 4.57 Å². The Hall–Kier alpha value is -1.73. The average Bonchev–Trinajstić information content (AvgIpc) is 2.88. The number of benzene rings is 2. The standard InChI is InChI=1S/C20H16BrN2O.HI/c1-22-12-11-14-13-7-4-6-10-17(13)23(2)18(14)19(22)20(24)15-8-3-5-9-16(15)21;/h3-12H,1-2H3;1H/q+1;/p-1. The molecule has 0 amide bonds. The third kappa shape index (κ3) is 2.79. The topological polar surface area (TPSA) is 25.9 Å². The molecule has 0 fully saturated rings. The van der Waals surface area contributed by atoms with Crippen LogP contribution in [0.15, 0.2) is 65.3 Å². The molecule has 25 heavy (non-hydrogen) atoms. The lowest BCUT2D eigenvalue weighted by molar-refractivity contribution is -0.672. The molecule has 0 radical (unpaired) electrons. The van der Waals surface area contributed by atoms with Crippen LogP contribution in [0.2, 0.25) is 0 Å². The fourth-order valence-corrected chi connectivity index (χ4v) is 3.81. The molecule has 0 N–H and O–H groups in total. The molecule has 0 aliphatic rings. The van der Waals surface area contributed by atoms with Crippen molar-refractivity contribution in [3.05, 3.63) is 76.5 Å². The predicted octanol–water partition coefficient (Wildman–Crippen LogP) is 1.15. The maximum Gasteiger partial charge on any atom is 0.278 e. The Kier molecular flexibility index (Phi) is 4.97. The average molecular weight is 507 g/mol. The minimum absolute atomic E-state index is 0. The van der Waals surface area contributed by atoms with E-state index in [9.17, 15) is 4.79 Å². The molecule has 0 bridgehead atoms. The number of carbonyl (C=O) groups is 1. The first kappa shape index (κ1) is 18.1. The molecule has 5 heteroatoms.